The first kappa shape index (κ1) is 8.19. The van der Waals surface area contributed by atoms with Crippen LogP contribution in [0.1, 0.15) is 5.82 Å². The van der Waals surface area contributed by atoms with Gasteiger partial charge >= 0.3 is 0 Å². The zero-order valence-corrected chi connectivity index (χ0v) is 7.26. The minimum absolute atomic E-state index is 0.243. The normalized spacial score (nSPS) is 10.9. The van der Waals surface area contributed by atoms with Gasteiger partial charge in [-0.15, -0.1) is 0 Å². The van der Waals surface area contributed by atoms with Crippen molar-refractivity contribution in [2.75, 3.05) is 7.05 Å². The maximum absolute atomic E-state index is 12.8. The molecular weight excluding hydrogens is 169 g/mol. The van der Waals surface area contributed by atoms with Crippen molar-refractivity contribution in [2.24, 2.45) is 0 Å². The number of hydrogen-bond donors (Lipinski definition) is 2. The lowest BCUT2D eigenvalue weighted by atomic mass is 10.3. The third-order valence-corrected chi connectivity index (χ3v) is 1.84. The Morgan fingerprint density at radius 3 is 3.15 bits per heavy atom. The highest BCUT2D eigenvalue weighted by Gasteiger charge is 2.01. The molecule has 2 rings (SSSR count). The Labute approximate surface area is 75.0 Å². The molecule has 0 aliphatic heterocycles. The van der Waals surface area contributed by atoms with Crippen LogP contribution >= 0.6 is 0 Å². The Morgan fingerprint density at radius 1 is 1.54 bits per heavy atom. The lowest BCUT2D eigenvalue weighted by Gasteiger charge is -1.89. The topological polar surface area (TPSA) is 40.7 Å². The fourth-order valence-corrected chi connectivity index (χ4v) is 1.29. The van der Waals surface area contributed by atoms with Gasteiger partial charge < -0.3 is 10.3 Å². The van der Waals surface area contributed by atoms with E-state index >= 15 is 0 Å². The van der Waals surface area contributed by atoms with E-state index < -0.39 is 0 Å². The van der Waals surface area contributed by atoms with E-state index in [1.807, 2.05) is 7.05 Å². The predicted molar refractivity (Wildman–Crippen MR) is 48.8 cm³/mol. The highest BCUT2D eigenvalue weighted by molar-refractivity contribution is 5.74. The zero-order valence-electron chi connectivity index (χ0n) is 7.26. The molecule has 68 valence electrons. The predicted octanol–water partition coefficient (Wildman–Crippen LogP) is 1.42. The monoisotopic (exact) mass is 179 g/mol. The number of aromatic nitrogens is 2. The van der Waals surface area contributed by atoms with Gasteiger partial charge in [-0.3, -0.25) is 0 Å². The van der Waals surface area contributed by atoms with Crippen LogP contribution < -0.4 is 5.32 Å². The van der Waals surface area contributed by atoms with Gasteiger partial charge in [-0.25, -0.2) is 9.37 Å². The molecule has 0 fully saturated rings. The maximum atomic E-state index is 12.8. The number of rotatable bonds is 2. The van der Waals surface area contributed by atoms with E-state index in [0.29, 0.717) is 6.54 Å². The largest absolute Gasteiger partial charge is 0.341 e. The summed E-state index contributed by atoms with van der Waals surface area (Å²) < 4.78 is 12.8. The molecule has 1 aromatic heterocycles. The van der Waals surface area contributed by atoms with Gasteiger partial charge in [0.2, 0.25) is 0 Å². The van der Waals surface area contributed by atoms with Crippen LogP contribution in [0.5, 0.6) is 0 Å². The molecule has 0 aliphatic carbocycles. The lowest BCUT2D eigenvalue weighted by molar-refractivity contribution is 0.629. The molecule has 2 N–H and O–H groups in total. The molecular formula is C9H10FN3. The van der Waals surface area contributed by atoms with E-state index in [-0.39, 0.29) is 5.82 Å². The summed E-state index contributed by atoms with van der Waals surface area (Å²) in [6.45, 7) is 0.663. The molecule has 1 heterocycles. The molecule has 0 amide bonds. The summed E-state index contributed by atoms with van der Waals surface area (Å²) in [7, 11) is 1.84. The van der Waals surface area contributed by atoms with Crippen molar-refractivity contribution in [1.82, 2.24) is 15.3 Å². The summed E-state index contributed by atoms with van der Waals surface area (Å²) in [6.07, 6.45) is 0. The third kappa shape index (κ3) is 1.53. The molecule has 13 heavy (non-hydrogen) atoms. The van der Waals surface area contributed by atoms with E-state index in [1.165, 1.54) is 12.1 Å². The number of benzene rings is 1. The molecule has 0 bridgehead atoms. The smallest absolute Gasteiger partial charge is 0.125 e. The summed E-state index contributed by atoms with van der Waals surface area (Å²) in [4.78, 5) is 7.28. The van der Waals surface area contributed by atoms with Gasteiger partial charge in [-0.1, -0.05) is 0 Å². The molecule has 0 spiro atoms. The highest BCUT2D eigenvalue weighted by atomic mass is 19.1. The lowest BCUT2D eigenvalue weighted by Crippen LogP contribution is -2.06. The van der Waals surface area contributed by atoms with E-state index in [9.17, 15) is 4.39 Å². The molecule has 0 radical (unpaired) electrons. The fourth-order valence-electron chi connectivity index (χ4n) is 1.29. The van der Waals surface area contributed by atoms with Gasteiger partial charge in [0.05, 0.1) is 17.6 Å². The van der Waals surface area contributed by atoms with Crippen LogP contribution in [0, 0.1) is 5.82 Å². The Balaban J connectivity index is 2.49. The number of fused-ring (bicyclic) bond motifs is 1. The molecule has 0 aliphatic rings. The zero-order chi connectivity index (χ0) is 9.26. The molecule has 0 unspecified atom stereocenters. The van der Waals surface area contributed by atoms with Gasteiger partial charge in [0.15, 0.2) is 0 Å². The van der Waals surface area contributed by atoms with Gasteiger partial charge in [0, 0.05) is 0 Å². The van der Waals surface area contributed by atoms with Crippen molar-refractivity contribution >= 4 is 11.0 Å². The van der Waals surface area contributed by atoms with Crippen LogP contribution in [0.4, 0.5) is 4.39 Å². The number of H-pyrrole nitrogens is 1. The van der Waals surface area contributed by atoms with Crippen molar-refractivity contribution in [3.8, 4) is 0 Å². The van der Waals surface area contributed by atoms with E-state index in [1.54, 1.807) is 6.07 Å². The average molecular weight is 179 g/mol. The first-order valence-electron chi connectivity index (χ1n) is 4.08. The van der Waals surface area contributed by atoms with Gasteiger partial charge in [-0.05, 0) is 25.2 Å². The second kappa shape index (κ2) is 3.14. The molecule has 0 saturated heterocycles. The Hall–Kier alpha value is -1.42. The molecule has 0 atom stereocenters. The number of nitrogens with one attached hydrogen (secondary N) is 2. The minimum Gasteiger partial charge on any atom is -0.341 e. The number of imidazole rings is 1. The van der Waals surface area contributed by atoms with Crippen LogP contribution in [0.3, 0.4) is 0 Å². The second-order valence-electron chi connectivity index (χ2n) is 2.88. The number of halogens is 1. The summed E-state index contributed by atoms with van der Waals surface area (Å²) in [5.41, 5.74) is 1.54. The number of aromatic amines is 1. The van der Waals surface area contributed by atoms with Gasteiger partial charge in [0.25, 0.3) is 0 Å². The van der Waals surface area contributed by atoms with Crippen molar-refractivity contribution in [1.29, 1.82) is 0 Å². The Kier molecular flexibility index (Phi) is 1.98. The first-order valence-corrected chi connectivity index (χ1v) is 4.08. The second-order valence-corrected chi connectivity index (χ2v) is 2.88. The van der Waals surface area contributed by atoms with Crippen LogP contribution in [-0.4, -0.2) is 17.0 Å². The molecule has 1 aromatic carbocycles. The molecule has 4 heteroatoms. The number of hydrogen-bond acceptors (Lipinski definition) is 2. The third-order valence-electron chi connectivity index (χ3n) is 1.84. The van der Waals surface area contributed by atoms with Crippen molar-refractivity contribution in [2.45, 2.75) is 6.54 Å². The standard InChI is InChI=1S/C9H10FN3/c1-11-5-9-12-7-3-2-6(10)4-8(7)13-9/h2-4,11H,5H2,1H3,(H,12,13). The molecule has 2 aromatic rings. The highest BCUT2D eigenvalue weighted by Crippen LogP contribution is 2.12. The van der Waals surface area contributed by atoms with Crippen LogP contribution in [0.25, 0.3) is 11.0 Å². The summed E-state index contributed by atoms with van der Waals surface area (Å²) in [5.74, 6) is 0.579. The van der Waals surface area contributed by atoms with E-state index in [4.69, 9.17) is 0 Å². The van der Waals surface area contributed by atoms with Crippen molar-refractivity contribution in [3.63, 3.8) is 0 Å². The summed E-state index contributed by atoms with van der Waals surface area (Å²) in [6, 6.07) is 4.52. The molecule has 3 nitrogen and oxygen atoms in total. The van der Waals surface area contributed by atoms with Crippen LogP contribution in [-0.2, 0) is 6.54 Å². The first-order chi connectivity index (χ1) is 6.29. The minimum atomic E-state index is -0.243. The number of nitrogens with zero attached hydrogens (tertiary/aromatic N) is 1. The quantitative estimate of drug-likeness (QED) is 0.732. The Morgan fingerprint density at radius 2 is 2.38 bits per heavy atom. The SMILES string of the molecule is CNCc1nc2ccc(F)cc2[nH]1. The Bertz CT molecular complexity index is 422. The van der Waals surface area contributed by atoms with Gasteiger partial charge in [-0.2, -0.15) is 0 Å². The van der Waals surface area contributed by atoms with E-state index in [0.717, 1.165) is 16.9 Å². The molecule has 0 saturated carbocycles. The van der Waals surface area contributed by atoms with Crippen LogP contribution in [0.15, 0.2) is 18.2 Å². The fraction of sp³-hybridized carbons (Fsp3) is 0.222. The average Bonchev–Trinajstić information content (AvgIpc) is 2.46. The summed E-state index contributed by atoms with van der Waals surface area (Å²) in [5, 5.41) is 2.97. The van der Waals surface area contributed by atoms with Crippen molar-refractivity contribution in [3.05, 3.63) is 29.8 Å². The van der Waals surface area contributed by atoms with Crippen LogP contribution in [0.2, 0.25) is 0 Å². The maximum Gasteiger partial charge on any atom is 0.125 e. The summed E-state index contributed by atoms with van der Waals surface area (Å²) >= 11 is 0. The van der Waals surface area contributed by atoms with E-state index in [2.05, 4.69) is 15.3 Å². The van der Waals surface area contributed by atoms with Crippen molar-refractivity contribution < 1.29 is 4.39 Å². The van der Waals surface area contributed by atoms with Gasteiger partial charge in [0.1, 0.15) is 11.6 Å².